The minimum atomic E-state index is -4.78. The summed E-state index contributed by atoms with van der Waals surface area (Å²) in [5, 5.41) is 0. The summed E-state index contributed by atoms with van der Waals surface area (Å²) >= 11 is 0. The van der Waals surface area contributed by atoms with Crippen molar-refractivity contribution < 1.29 is 31.5 Å². The lowest BCUT2D eigenvalue weighted by Gasteiger charge is -2.34. The van der Waals surface area contributed by atoms with Crippen molar-refractivity contribution in [2.45, 2.75) is 12.7 Å². The molecule has 1 saturated heterocycles. The van der Waals surface area contributed by atoms with E-state index in [-0.39, 0.29) is 18.8 Å². The van der Waals surface area contributed by atoms with Crippen LogP contribution in [0.3, 0.4) is 0 Å². The Labute approximate surface area is 152 Å². The van der Waals surface area contributed by atoms with Crippen molar-refractivity contribution in [1.82, 2.24) is 14.8 Å². The van der Waals surface area contributed by atoms with Gasteiger partial charge in [-0.1, -0.05) is 6.07 Å². The first kappa shape index (κ1) is 19.2. The Bertz CT molecular complexity index is 814. The van der Waals surface area contributed by atoms with Crippen molar-refractivity contribution in [3.05, 3.63) is 47.4 Å². The number of piperazine rings is 1. The highest BCUT2D eigenvalue weighted by molar-refractivity contribution is 5.93. The molecule has 1 aromatic heterocycles. The van der Waals surface area contributed by atoms with Gasteiger partial charge in [-0.05, 0) is 17.7 Å². The summed E-state index contributed by atoms with van der Waals surface area (Å²) in [6.45, 7) is 1.82. The monoisotopic (exact) mass is 387 g/mol. The lowest BCUT2D eigenvalue weighted by Crippen LogP contribution is -2.48. The molecule has 0 aliphatic carbocycles. The van der Waals surface area contributed by atoms with Crippen LogP contribution in [0, 0.1) is 5.82 Å². The van der Waals surface area contributed by atoms with Crippen LogP contribution in [0.4, 0.5) is 17.6 Å². The summed E-state index contributed by atoms with van der Waals surface area (Å²) in [4.78, 5) is 19.0. The number of aromatic nitrogens is 1. The molecule has 2 heterocycles. The smallest absolute Gasteiger partial charge is 0.452 e. The van der Waals surface area contributed by atoms with E-state index in [0.717, 1.165) is 5.56 Å². The molecule has 1 amide bonds. The van der Waals surface area contributed by atoms with Crippen molar-refractivity contribution in [3.63, 3.8) is 0 Å². The van der Waals surface area contributed by atoms with Gasteiger partial charge in [0.2, 0.25) is 5.76 Å². The van der Waals surface area contributed by atoms with Crippen molar-refractivity contribution >= 4 is 5.91 Å². The number of nitrogens with zero attached hydrogens (tertiary/aromatic N) is 3. The molecule has 27 heavy (non-hydrogen) atoms. The first-order valence-corrected chi connectivity index (χ1v) is 8.14. The first-order valence-electron chi connectivity index (χ1n) is 8.14. The zero-order valence-corrected chi connectivity index (χ0v) is 14.4. The van der Waals surface area contributed by atoms with Gasteiger partial charge in [-0.15, -0.1) is 0 Å². The maximum absolute atomic E-state index is 13.8. The molecular weight excluding hydrogens is 370 g/mol. The van der Waals surface area contributed by atoms with Crippen LogP contribution in [0.1, 0.15) is 21.8 Å². The zero-order chi connectivity index (χ0) is 19.6. The lowest BCUT2D eigenvalue weighted by molar-refractivity contribution is -0.153. The van der Waals surface area contributed by atoms with E-state index < -0.39 is 29.4 Å². The molecule has 0 spiro atoms. The molecule has 1 aliphatic rings. The number of hydrogen-bond acceptors (Lipinski definition) is 5. The SMILES string of the molecule is COc1ccc(CN2CCN(C(=O)c3ncoc3C(F)(F)F)CC2)cc1F. The predicted octanol–water partition coefficient (Wildman–Crippen LogP) is 2.80. The highest BCUT2D eigenvalue weighted by Crippen LogP contribution is 2.32. The highest BCUT2D eigenvalue weighted by atomic mass is 19.4. The molecule has 0 bridgehead atoms. The Morgan fingerprint density at radius 3 is 2.56 bits per heavy atom. The van der Waals surface area contributed by atoms with Crippen LogP contribution >= 0.6 is 0 Å². The molecule has 3 rings (SSSR count). The van der Waals surface area contributed by atoms with Crippen LogP contribution in [0.15, 0.2) is 29.0 Å². The Kier molecular flexibility index (Phi) is 5.36. The van der Waals surface area contributed by atoms with Gasteiger partial charge in [-0.2, -0.15) is 13.2 Å². The number of amides is 1. The average Bonchev–Trinajstić information content (AvgIpc) is 3.12. The lowest BCUT2D eigenvalue weighted by atomic mass is 10.1. The molecule has 1 fully saturated rings. The molecule has 0 unspecified atom stereocenters. The molecule has 1 aromatic carbocycles. The number of hydrogen-bond donors (Lipinski definition) is 0. The van der Waals surface area contributed by atoms with E-state index in [2.05, 4.69) is 9.40 Å². The molecule has 0 radical (unpaired) electrons. The molecular formula is C17H17F4N3O3. The van der Waals surface area contributed by atoms with Gasteiger partial charge in [0.05, 0.1) is 7.11 Å². The van der Waals surface area contributed by atoms with Gasteiger partial charge in [-0.3, -0.25) is 9.69 Å². The Morgan fingerprint density at radius 2 is 1.96 bits per heavy atom. The standard InChI is InChI=1S/C17H17F4N3O3/c1-26-13-3-2-11(8-12(13)18)9-23-4-6-24(7-5-23)16(25)14-15(17(19,20)21)27-10-22-14/h2-3,8,10H,4-7,9H2,1H3. The van der Waals surface area contributed by atoms with E-state index >= 15 is 0 Å². The summed E-state index contributed by atoms with van der Waals surface area (Å²) < 4.78 is 61.5. The van der Waals surface area contributed by atoms with Crippen LogP contribution in [-0.2, 0) is 12.7 Å². The Morgan fingerprint density at radius 1 is 1.26 bits per heavy atom. The molecule has 0 N–H and O–H groups in total. The van der Waals surface area contributed by atoms with Crippen LogP contribution in [0.5, 0.6) is 5.75 Å². The second-order valence-electron chi connectivity index (χ2n) is 6.07. The van der Waals surface area contributed by atoms with Gasteiger partial charge in [0.25, 0.3) is 5.91 Å². The van der Waals surface area contributed by atoms with Crippen LogP contribution < -0.4 is 4.74 Å². The number of halogens is 4. The normalized spacial score (nSPS) is 15.8. The zero-order valence-electron chi connectivity index (χ0n) is 14.4. The molecule has 10 heteroatoms. The number of ether oxygens (including phenoxy) is 1. The molecule has 0 atom stereocenters. The maximum atomic E-state index is 13.8. The fourth-order valence-corrected chi connectivity index (χ4v) is 2.92. The van der Waals surface area contributed by atoms with Crippen molar-refractivity contribution in [3.8, 4) is 5.75 Å². The molecule has 6 nitrogen and oxygen atoms in total. The number of rotatable bonds is 4. The minimum Gasteiger partial charge on any atom is -0.494 e. The van der Waals surface area contributed by atoms with Crippen molar-refractivity contribution in [2.75, 3.05) is 33.3 Å². The summed E-state index contributed by atoms with van der Waals surface area (Å²) in [7, 11) is 1.38. The number of carbonyl (C=O) groups is 1. The number of methoxy groups -OCH3 is 1. The fourth-order valence-electron chi connectivity index (χ4n) is 2.92. The van der Waals surface area contributed by atoms with E-state index in [1.54, 1.807) is 6.07 Å². The summed E-state index contributed by atoms with van der Waals surface area (Å²) in [5.41, 5.74) is 0.0112. The third-order valence-corrected chi connectivity index (χ3v) is 4.31. The second-order valence-corrected chi connectivity index (χ2v) is 6.07. The van der Waals surface area contributed by atoms with Crippen LogP contribution in [0.2, 0.25) is 0 Å². The van der Waals surface area contributed by atoms with Crippen molar-refractivity contribution in [2.24, 2.45) is 0 Å². The highest BCUT2D eigenvalue weighted by Gasteiger charge is 2.41. The number of carbonyl (C=O) groups excluding carboxylic acids is 1. The number of benzene rings is 1. The maximum Gasteiger partial charge on any atom is 0.452 e. The molecule has 2 aromatic rings. The largest absolute Gasteiger partial charge is 0.494 e. The third kappa shape index (κ3) is 4.21. The topological polar surface area (TPSA) is 58.8 Å². The number of oxazole rings is 1. The first-order chi connectivity index (χ1) is 12.8. The summed E-state index contributed by atoms with van der Waals surface area (Å²) in [6, 6.07) is 4.65. The van der Waals surface area contributed by atoms with E-state index in [4.69, 9.17) is 4.74 Å². The quantitative estimate of drug-likeness (QED) is 0.756. The molecule has 146 valence electrons. The summed E-state index contributed by atoms with van der Waals surface area (Å²) in [5.74, 6) is -2.51. The Balaban J connectivity index is 1.60. The van der Waals surface area contributed by atoms with Crippen LogP contribution in [-0.4, -0.2) is 54.0 Å². The second kappa shape index (κ2) is 7.55. The molecule has 0 saturated carbocycles. The number of alkyl halides is 3. The van der Waals surface area contributed by atoms with Gasteiger partial charge in [0, 0.05) is 32.7 Å². The van der Waals surface area contributed by atoms with E-state index in [9.17, 15) is 22.4 Å². The minimum absolute atomic E-state index is 0.155. The van der Waals surface area contributed by atoms with E-state index in [0.29, 0.717) is 26.0 Å². The summed E-state index contributed by atoms with van der Waals surface area (Å²) in [6.07, 6.45) is -4.16. The third-order valence-electron chi connectivity index (χ3n) is 4.31. The fraction of sp³-hybridized carbons (Fsp3) is 0.412. The predicted molar refractivity (Wildman–Crippen MR) is 85.6 cm³/mol. The van der Waals surface area contributed by atoms with Gasteiger partial charge in [0.15, 0.2) is 23.7 Å². The van der Waals surface area contributed by atoms with E-state index in [1.165, 1.54) is 24.1 Å². The average molecular weight is 387 g/mol. The van der Waals surface area contributed by atoms with Gasteiger partial charge in [0.1, 0.15) is 0 Å². The van der Waals surface area contributed by atoms with E-state index in [1.807, 2.05) is 4.90 Å². The van der Waals surface area contributed by atoms with Gasteiger partial charge < -0.3 is 14.1 Å². The van der Waals surface area contributed by atoms with Gasteiger partial charge in [-0.25, -0.2) is 9.37 Å². The van der Waals surface area contributed by atoms with Crippen LogP contribution in [0.25, 0.3) is 0 Å². The van der Waals surface area contributed by atoms with Gasteiger partial charge >= 0.3 is 6.18 Å². The Hall–Kier alpha value is -2.62. The van der Waals surface area contributed by atoms with Crippen molar-refractivity contribution in [1.29, 1.82) is 0 Å². The molecule has 1 aliphatic heterocycles.